The van der Waals surface area contributed by atoms with Crippen molar-refractivity contribution in [2.45, 2.75) is 32.7 Å². The molecule has 0 aromatic carbocycles. The molecule has 1 fully saturated rings. The van der Waals surface area contributed by atoms with E-state index in [1.165, 1.54) is 10.6 Å². The molecule has 1 aliphatic heterocycles. The van der Waals surface area contributed by atoms with Gasteiger partial charge in [0.25, 0.3) is 0 Å². The summed E-state index contributed by atoms with van der Waals surface area (Å²) in [7, 11) is -3.18. The molecule has 25 heavy (non-hydrogen) atoms. The second-order valence-electron chi connectivity index (χ2n) is 6.75. The molecule has 1 aliphatic rings. The van der Waals surface area contributed by atoms with E-state index in [1.807, 2.05) is 24.6 Å². The van der Waals surface area contributed by atoms with Crippen LogP contribution in [0.3, 0.4) is 0 Å². The Hall–Kier alpha value is -2.00. The molecule has 136 valence electrons. The maximum absolute atomic E-state index is 12.4. The molecule has 1 amide bonds. The number of hydrogen-bond acceptors (Lipinski definition) is 5. The number of pyridine rings is 1. The molecule has 3 heterocycles. The zero-order valence-electron chi connectivity index (χ0n) is 14.6. The van der Waals surface area contributed by atoms with Crippen LogP contribution in [0.2, 0.25) is 0 Å². The molecule has 0 radical (unpaired) electrons. The Balaban J connectivity index is 1.66. The predicted octanol–water partition coefficient (Wildman–Crippen LogP) is 1.62. The van der Waals surface area contributed by atoms with Crippen LogP contribution < -0.4 is 5.32 Å². The number of aromatic nitrogens is 3. The summed E-state index contributed by atoms with van der Waals surface area (Å²) in [5.74, 6) is -0.280. The SMILES string of the molecule is CC(C)n1ncc2cc(NC(=O)C3CCN(S(C)(=O)=O)CC3)cnc21. The number of carbonyl (C=O) groups is 1. The van der Waals surface area contributed by atoms with E-state index in [1.54, 1.807) is 12.4 Å². The number of rotatable bonds is 4. The lowest BCUT2D eigenvalue weighted by molar-refractivity contribution is -0.120. The van der Waals surface area contributed by atoms with E-state index in [-0.39, 0.29) is 17.9 Å². The molecule has 2 aromatic rings. The Morgan fingerprint density at radius 3 is 2.56 bits per heavy atom. The zero-order valence-corrected chi connectivity index (χ0v) is 15.5. The number of sulfonamides is 1. The highest BCUT2D eigenvalue weighted by Crippen LogP contribution is 2.23. The van der Waals surface area contributed by atoms with Gasteiger partial charge in [-0.25, -0.2) is 22.4 Å². The van der Waals surface area contributed by atoms with E-state index in [4.69, 9.17) is 0 Å². The van der Waals surface area contributed by atoms with Gasteiger partial charge in [0, 0.05) is 30.4 Å². The van der Waals surface area contributed by atoms with Gasteiger partial charge in [0.15, 0.2) is 5.65 Å². The largest absolute Gasteiger partial charge is 0.324 e. The van der Waals surface area contributed by atoms with Crippen LogP contribution in [0.15, 0.2) is 18.5 Å². The quantitative estimate of drug-likeness (QED) is 0.888. The molecule has 0 unspecified atom stereocenters. The van der Waals surface area contributed by atoms with Crippen molar-refractivity contribution in [2.24, 2.45) is 5.92 Å². The summed E-state index contributed by atoms with van der Waals surface area (Å²) in [5.41, 5.74) is 1.42. The first-order valence-electron chi connectivity index (χ1n) is 8.35. The normalized spacial score (nSPS) is 17.3. The van der Waals surface area contributed by atoms with Gasteiger partial charge in [-0.15, -0.1) is 0 Å². The number of fused-ring (bicyclic) bond motifs is 1. The minimum atomic E-state index is -3.18. The van der Waals surface area contributed by atoms with Crippen molar-refractivity contribution in [3.63, 3.8) is 0 Å². The fourth-order valence-corrected chi connectivity index (χ4v) is 3.95. The van der Waals surface area contributed by atoms with Crippen LogP contribution in [-0.4, -0.2) is 52.7 Å². The number of anilines is 1. The lowest BCUT2D eigenvalue weighted by atomic mass is 9.97. The summed E-state index contributed by atoms with van der Waals surface area (Å²) in [6.45, 7) is 4.84. The lowest BCUT2D eigenvalue weighted by Crippen LogP contribution is -2.40. The zero-order chi connectivity index (χ0) is 18.2. The van der Waals surface area contributed by atoms with Gasteiger partial charge in [-0.2, -0.15) is 5.10 Å². The molecule has 0 bridgehead atoms. The van der Waals surface area contributed by atoms with Crippen LogP contribution in [0.5, 0.6) is 0 Å². The molecular formula is C16H23N5O3S. The average Bonchev–Trinajstić information content (AvgIpc) is 2.97. The first-order chi connectivity index (χ1) is 11.8. The second kappa shape index (κ2) is 6.72. The van der Waals surface area contributed by atoms with Crippen molar-refractivity contribution >= 4 is 32.7 Å². The van der Waals surface area contributed by atoms with Crippen molar-refractivity contribution in [1.29, 1.82) is 0 Å². The number of amides is 1. The highest BCUT2D eigenvalue weighted by atomic mass is 32.2. The fraction of sp³-hybridized carbons (Fsp3) is 0.562. The molecule has 0 atom stereocenters. The third-order valence-electron chi connectivity index (χ3n) is 4.48. The van der Waals surface area contributed by atoms with Gasteiger partial charge in [0.05, 0.1) is 24.3 Å². The first kappa shape index (κ1) is 17.8. The van der Waals surface area contributed by atoms with E-state index >= 15 is 0 Å². The predicted molar refractivity (Wildman–Crippen MR) is 95.7 cm³/mol. The number of hydrogen-bond donors (Lipinski definition) is 1. The highest BCUT2D eigenvalue weighted by molar-refractivity contribution is 7.88. The minimum Gasteiger partial charge on any atom is -0.324 e. The lowest BCUT2D eigenvalue weighted by Gasteiger charge is -2.29. The molecule has 0 aliphatic carbocycles. The smallest absolute Gasteiger partial charge is 0.227 e. The first-order valence-corrected chi connectivity index (χ1v) is 10.2. The summed E-state index contributed by atoms with van der Waals surface area (Å²) < 4.78 is 26.3. The minimum absolute atomic E-state index is 0.0921. The summed E-state index contributed by atoms with van der Waals surface area (Å²) in [6, 6.07) is 2.07. The van der Waals surface area contributed by atoms with Crippen LogP contribution >= 0.6 is 0 Å². The van der Waals surface area contributed by atoms with Gasteiger partial charge in [-0.3, -0.25) is 4.79 Å². The molecule has 2 aromatic heterocycles. The summed E-state index contributed by atoms with van der Waals surface area (Å²) in [6.07, 6.45) is 5.63. The van der Waals surface area contributed by atoms with E-state index < -0.39 is 10.0 Å². The van der Waals surface area contributed by atoms with Crippen LogP contribution in [-0.2, 0) is 14.8 Å². The van der Waals surface area contributed by atoms with Crippen molar-refractivity contribution in [1.82, 2.24) is 19.1 Å². The fourth-order valence-electron chi connectivity index (χ4n) is 3.08. The van der Waals surface area contributed by atoms with E-state index in [2.05, 4.69) is 15.4 Å². The maximum atomic E-state index is 12.4. The molecule has 0 spiro atoms. The molecule has 0 saturated carbocycles. The van der Waals surface area contributed by atoms with Gasteiger partial charge in [0.2, 0.25) is 15.9 Å². The van der Waals surface area contributed by atoms with Crippen molar-refractivity contribution in [2.75, 3.05) is 24.7 Å². The van der Waals surface area contributed by atoms with E-state index in [9.17, 15) is 13.2 Å². The maximum Gasteiger partial charge on any atom is 0.227 e. The second-order valence-corrected chi connectivity index (χ2v) is 8.73. The van der Waals surface area contributed by atoms with E-state index in [0.717, 1.165) is 11.0 Å². The average molecular weight is 365 g/mol. The molecule has 8 nitrogen and oxygen atoms in total. The van der Waals surface area contributed by atoms with Crippen molar-refractivity contribution < 1.29 is 13.2 Å². The Morgan fingerprint density at radius 2 is 1.96 bits per heavy atom. The van der Waals surface area contributed by atoms with Gasteiger partial charge < -0.3 is 5.32 Å². The highest BCUT2D eigenvalue weighted by Gasteiger charge is 2.29. The molecule has 3 rings (SSSR count). The van der Waals surface area contributed by atoms with E-state index in [0.29, 0.717) is 31.6 Å². The Labute approximate surface area is 147 Å². The van der Waals surface area contributed by atoms with Crippen LogP contribution in [0.25, 0.3) is 11.0 Å². The van der Waals surface area contributed by atoms with Gasteiger partial charge in [0.1, 0.15) is 0 Å². The Kier molecular flexibility index (Phi) is 4.79. The van der Waals surface area contributed by atoms with Crippen molar-refractivity contribution in [3.8, 4) is 0 Å². The molecule has 1 saturated heterocycles. The van der Waals surface area contributed by atoms with Crippen LogP contribution in [0.1, 0.15) is 32.7 Å². The molecular weight excluding hydrogens is 342 g/mol. The summed E-state index contributed by atoms with van der Waals surface area (Å²) in [5, 5.41) is 8.08. The third kappa shape index (κ3) is 3.82. The number of piperidine rings is 1. The topological polar surface area (TPSA) is 97.2 Å². The summed E-state index contributed by atoms with van der Waals surface area (Å²) >= 11 is 0. The number of carbonyl (C=O) groups excluding carboxylic acids is 1. The van der Waals surface area contributed by atoms with Gasteiger partial charge in [-0.05, 0) is 32.8 Å². The molecule has 1 N–H and O–H groups in total. The van der Waals surface area contributed by atoms with Gasteiger partial charge in [-0.1, -0.05) is 0 Å². The summed E-state index contributed by atoms with van der Waals surface area (Å²) in [4.78, 5) is 16.8. The number of nitrogens with zero attached hydrogens (tertiary/aromatic N) is 4. The third-order valence-corrected chi connectivity index (χ3v) is 5.79. The Morgan fingerprint density at radius 1 is 1.28 bits per heavy atom. The Bertz CT molecular complexity index is 882. The van der Waals surface area contributed by atoms with Gasteiger partial charge >= 0.3 is 0 Å². The van der Waals surface area contributed by atoms with Crippen LogP contribution in [0.4, 0.5) is 5.69 Å². The standard InChI is InChI=1S/C16H23N5O3S/c1-11(2)21-15-13(9-18-21)8-14(10-17-15)19-16(22)12-4-6-20(7-5-12)25(3,23)24/h8-12H,4-7H2,1-3H3,(H,19,22). The van der Waals surface area contributed by atoms with Crippen LogP contribution in [0, 0.1) is 5.92 Å². The molecule has 9 heteroatoms. The van der Waals surface area contributed by atoms with Crippen molar-refractivity contribution in [3.05, 3.63) is 18.5 Å². The monoisotopic (exact) mass is 365 g/mol. The number of nitrogens with one attached hydrogen (secondary N) is 1.